The third kappa shape index (κ3) is 3.25. The molecule has 7 nitrogen and oxygen atoms in total. The zero-order valence-electron chi connectivity index (χ0n) is 15.8. The molecule has 0 N–H and O–H groups in total. The molecule has 0 atom stereocenters. The van der Waals surface area contributed by atoms with Crippen molar-refractivity contribution in [1.29, 1.82) is 0 Å². The van der Waals surface area contributed by atoms with Gasteiger partial charge < -0.3 is 0 Å². The number of anilines is 1. The lowest BCUT2D eigenvalue weighted by atomic mass is 10.1. The van der Waals surface area contributed by atoms with Crippen LogP contribution in [0.4, 0.5) is 10.3 Å². The number of hydrogen-bond acceptors (Lipinski definition) is 4. The molecule has 4 rings (SSSR count). The monoisotopic (exact) mass is 413 g/mol. The van der Waals surface area contributed by atoms with Crippen LogP contribution in [0.2, 0.25) is 5.02 Å². The molecule has 0 saturated heterocycles. The Kier molecular flexibility index (Phi) is 4.79. The lowest BCUT2D eigenvalue weighted by Gasteiger charge is -2.35. The molecule has 2 aromatic heterocycles. The standard InChI is InChI=1S/C20H17ClFN5O2/c1-12(28)25-9-10-26(13(2)29)27-19(16-7-8-23-11-17(16)21)18(24-20(25)27)14-3-5-15(22)6-4-14/h3-8,11H,9-10H2,1-2H3. The van der Waals surface area contributed by atoms with E-state index >= 15 is 0 Å². The van der Waals surface area contributed by atoms with Gasteiger partial charge in [-0.3, -0.25) is 19.5 Å². The number of carbonyl (C=O) groups excluding carboxylic acids is 2. The predicted molar refractivity (Wildman–Crippen MR) is 108 cm³/mol. The van der Waals surface area contributed by atoms with Crippen molar-refractivity contribution in [1.82, 2.24) is 14.6 Å². The van der Waals surface area contributed by atoms with Crippen molar-refractivity contribution in [2.75, 3.05) is 23.0 Å². The number of pyridine rings is 1. The summed E-state index contributed by atoms with van der Waals surface area (Å²) in [6.45, 7) is 3.51. The van der Waals surface area contributed by atoms with E-state index < -0.39 is 0 Å². The first-order valence-corrected chi connectivity index (χ1v) is 9.31. The second-order valence-corrected chi connectivity index (χ2v) is 7.00. The van der Waals surface area contributed by atoms with Crippen LogP contribution >= 0.6 is 11.6 Å². The third-order valence-electron chi connectivity index (χ3n) is 4.74. The Balaban J connectivity index is 2.07. The summed E-state index contributed by atoms with van der Waals surface area (Å²) in [5.74, 6) is -0.473. The van der Waals surface area contributed by atoms with E-state index in [0.29, 0.717) is 46.6 Å². The van der Waals surface area contributed by atoms with Crippen molar-refractivity contribution in [3.05, 3.63) is 53.6 Å². The quantitative estimate of drug-likeness (QED) is 0.646. The normalized spacial score (nSPS) is 13.4. The Morgan fingerprint density at radius 1 is 1.07 bits per heavy atom. The maximum atomic E-state index is 13.5. The summed E-state index contributed by atoms with van der Waals surface area (Å²) >= 11 is 6.42. The lowest BCUT2D eigenvalue weighted by Crippen LogP contribution is -2.52. The highest BCUT2D eigenvalue weighted by Gasteiger charge is 2.34. The zero-order valence-corrected chi connectivity index (χ0v) is 16.5. The minimum absolute atomic E-state index is 0.197. The van der Waals surface area contributed by atoms with Gasteiger partial charge in [-0.1, -0.05) is 11.6 Å². The minimum Gasteiger partial charge on any atom is -0.279 e. The molecule has 1 aliphatic rings. The number of rotatable bonds is 2. The molecule has 0 unspecified atom stereocenters. The van der Waals surface area contributed by atoms with Gasteiger partial charge in [-0.2, -0.15) is 0 Å². The number of imidazole rings is 1. The molecule has 2 amide bonds. The highest BCUT2D eigenvalue weighted by molar-refractivity contribution is 6.33. The number of benzene rings is 1. The van der Waals surface area contributed by atoms with Gasteiger partial charge in [0.2, 0.25) is 17.8 Å². The summed E-state index contributed by atoms with van der Waals surface area (Å²) in [4.78, 5) is 34.8. The lowest BCUT2D eigenvalue weighted by molar-refractivity contribution is -0.119. The molecule has 29 heavy (non-hydrogen) atoms. The van der Waals surface area contributed by atoms with Crippen LogP contribution in [0, 0.1) is 5.82 Å². The summed E-state index contributed by atoms with van der Waals surface area (Å²) in [7, 11) is 0. The molecule has 0 radical (unpaired) electrons. The van der Waals surface area contributed by atoms with E-state index in [1.54, 1.807) is 29.1 Å². The largest absolute Gasteiger partial charge is 0.279 e. The number of aromatic nitrogens is 3. The fourth-order valence-electron chi connectivity index (χ4n) is 3.41. The molecule has 0 aliphatic carbocycles. The van der Waals surface area contributed by atoms with Gasteiger partial charge in [0.15, 0.2) is 0 Å². The average molecular weight is 414 g/mol. The SMILES string of the molecule is CC(=O)N1CCN(C(C)=O)n2c1nc(-c1ccc(F)cc1)c2-c1ccncc1Cl. The van der Waals surface area contributed by atoms with Gasteiger partial charge in [-0.15, -0.1) is 0 Å². The minimum atomic E-state index is -0.378. The van der Waals surface area contributed by atoms with E-state index in [1.165, 1.54) is 42.1 Å². The summed E-state index contributed by atoms with van der Waals surface area (Å²) in [5, 5.41) is 1.88. The first kappa shape index (κ1) is 19.1. The number of amides is 2. The van der Waals surface area contributed by atoms with E-state index in [-0.39, 0.29) is 17.6 Å². The zero-order chi connectivity index (χ0) is 20.7. The van der Waals surface area contributed by atoms with Gasteiger partial charge in [0.05, 0.1) is 11.6 Å². The molecule has 0 saturated carbocycles. The van der Waals surface area contributed by atoms with Gasteiger partial charge in [-0.05, 0) is 30.3 Å². The summed E-state index contributed by atoms with van der Waals surface area (Å²) in [6, 6.07) is 7.57. The van der Waals surface area contributed by atoms with Crippen LogP contribution in [0.15, 0.2) is 42.7 Å². The fraction of sp³-hybridized carbons (Fsp3) is 0.200. The number of carbonyl (C=O) groups is 2. The Hall–Kier alpha value is -3.26. The number of fused-ring (bicyclic) bond motifs is 1. The smallest absolute Gasteiger partial charge is 0.238 e. The molecule has 0 fully saturated rings. The molecule has 0 bridgehead atoms. The van der Waals surface area contributed by atoms with E-state index in [0.717, 1.165) is 0 Å². The van der Waals surface area contributed by atoms with E-state index in [9.17, 15) is 14.0 Å². The molecular formula is C20H17ClFN5O2. The number of nitrogens with zero attached hydrogens (tertiary/aromatic N) is 5. The van der Waals surface area contributed by atoms with Crippen LogP contribution in [-0.4, -0.2) is 39.5 Å². The molecule has 3 aromatic rings. The highest BCUT2D eigenvalue weighted by Crippen LogP contribution is 2.39. The van der Waals surface area contributed by atoms with Crippen LogP contribution in [0.1, 0.15) is 13.8 Å². The van der Waals surface area contributed by atoms with Crippen molar-refractivity contribution in [3.8, 4) is 22.5 Å². The second kappa shape index (κ2) is 7.29. The Morgan fingerprint density at radius 3 is 2.41 bits per heavy atom. The third-order valence-corrected chi connectivity index (χ3v) is 5.05. The molecule has 1 aromatic carbocycles. The Bertz CT molecular complexity index is 1110. The molecular weight excluding hydrogens is 397 g/mol. The van der Waals surface area contributed by atoms with E-state index in [1.807, 2.05) is 0 Å². The van der Waals surface area contributed by atoms with Crippen LogP contribution < -0.4 is 9.91 Å². The van der Waals surface area contributed by atoms with Crippen molar-refractivity contribution in [2.45, 2.75) is 13.8 Å². The van der Waals surface area contributed by atoms with Gasteiger partial charge in [0.1, 0.15) is 17.2 Å². The summed E-state index contributed by atoms with van der Waals surface area (Å²) in [5.41, 5.74) is 2.23. The number of hydrogen-bond donors (Lipinski definition) is 0. The predicted octanol–water partition coefficient (Wildman–Crippen LogP) is 3.26. The van der Waals surface area contributed by atoms with Crippen molar-refractivity contribution < 1.29 is 14.0 Å². The van der Waals surface area contributed by atoms with Gasteiger partial charge in [0, 0.05) is 43.9 Å². The highest BCUT2D eigenvalue weighted by atomic mass is 35.5. The topological polar surface area (TPSA) is 71.3 Å². The van der Waals surface area contributed by atoms with Gasteiger partial charge >= 0.3 is 0 Å². The second-order valence-electron chi connectivity index (χ2n) is 6.60. The molecule has 0 spiro atoms. The van der Waals surface area contributed by atoms with Crippen LogP contribution in [0.3, 0.4) is 0 Å². The van der Waals surface area contributed by atoms with Crippen molar-refractivity contribution in [3.63, 3.8) is 0 Å². The molecule has 9 heteroatoms. The van der Waals surface area contributed by atoms with E-state index in [2.05, 4.69) is 9.97 Å². The first-order chi connectivity index (χ1) is 13.9. The van der Waals surface area contributed by atoms with Crippen LogP contribution in [-0.2, 0) is 9.59 Å². The summed E-state index contributed by atoms with van der Waals surface area (Å²) < 4.78 is 15.1. The van der Waals surface area contributed by atoms with Crippen LogP contribution in [0.25, 0.3) is 22.5 Å². The van der Waals surface area contributed by atoms with Gasteiger partial charge in [-0.25, -0.2) is 19.1 Å². The fourth-order valence-corrected chi connectivity index (χ4v) is 3.62. The molecule has 3 heterocycles. The molecule has 148 valence electrons. The maximum absolute atomic E-state index is 13.5. The summed E-state index contributed by atoms with van der Waals surface area (Å²) in [6.07, 6.45) is 3.08. The maximum Gasteiger partial charge on any atom is 0.238 e. The van der Waals surface area contributed by atoms with Crippen molar-refractivity contribution >= 4 is 29.4 Å². The van der Waals surface area contributed by atoms with Crippen LogP contribution in [0.5, 0.6) is 0 Å². The Labute approximate surface area is 171 Å². The van der Waals surface area contributed by atoms with Crippen molar-refractivity contribution in [2.24, 2.45) is 0 Å². The Morgan fingerprint density at radius 2 is 1.79 bits per heavy atom. The number of halogens is 2. The van der Waals surface area contributed by atoms with Gasteiger partial charge in [0.25, 0.3) is 0 Å². The van der Waals surface area contributed by atoms with E-state index in [4.69, 9.17) is 11.6 Å². The molecule has 1 aliphatic heterocycles. The average Bonchev–Trinajstić information content (AvgIpc) is 3.08. The first-order valence-electron chi connectivity index (χ1n) is 8.93.